The second-order valence-electron chi connectivity index (χ2n) is 5.53. The first-order valence-electron chi connectivity index (χ1n) is 6.91. The topological polar surface area (TPSA) is 78.4 Å². The molecule has 2 saturated carbocycles. The van der Waals surface area contributed by atoms with E-state index >= 15 is 0 Å². The molecule has 0 saturated heterocycles. The minimum atomic E-state index is -0.776. The van der Waals surface area contributed by atoms with Crippen LogP contribution in [0.1, 0.15) is 44.9 Å². The Morgan fingerprint density at radius 3 is 2.61 bits per heavy atom. The van der Waals surface area contributed by atoms with Crippen LogP contribution in [-0.4, -0.2) is 29.7 Å². The average molecular weight is 254 g/mol. The highest BCUT2D eigenvalue weighted by atomic mass is 16.4. The molecule has 0 aromatic carbocycles. The van der Waals surface area contributed by atoms with Crippen molar-refractivity contribution in [3.05, 3.63) is 0 Å². The molecule has 3 N–H and O–H groups in total. The van der Waals surface area contributed by atoms with E-state index in [1.54, 1.807) is 0 Å². The van der Waals surface area contributed by atoms with Crippen molar-refractivity contribution in [2.24, 2.45) is 11.8 Å². The lowest BCUT2D eigenvalue weighted by Gasteiger charge is -2.22. The third-order valence-electron chi connectivity index (χ3n) is 4.16. The van der Waals surface area contributed by atoms with Crippen molar-refractivity contribution in [3.8, 4) is 0 Å². The number of nitrogens with one attached hydrogen (secondary N) is 2. The second kappa shape index (κ2) is 6.07. The zero-order valence-corrected chi connectivity index (χ0v) is 10.7. The van der Waals surface area contributed by atoms with Crippen molar-refractivity contribution in [2.45, 2.75) is 51.0 Å². The molecule has 0 aliphatic heterocycles. The van der Waals surface area contributed by atoms with Crippen molar-refractivity contribution < 1.29 is 14.7 Å². The van der Waals surface area contributed by atoms with E-state index < -0.39 is 5.97 Å². The Hall–Kier alpha value is -1.26. The van der Waals surface area contributed by atoms with Crippen LogP contribution in [0.25, 0.3) is 0 Å². The Morgan fingerprint density at radius 1 is 1.17 bits per heavy atom. The van der Waals surface area contributed by atoms with Gasteiger partial charge in [-0.15, -0.1) is 0 Å². The fourth-order valence-corrected chi connectivity index (χ4v) is 3.24. The average Bonchev–Trinajstić information content (AvgIpc) is 2.90. The Bertz CT molecular complexity index is 319. The van der Waals surface area contributed by atoms with Gasteiger partial charge in [0.1, 0.15) is 0 Å². The Balaban J connectivity index is 1.54. The molecule has 0 spiro atoms. The van der Waals surface area contributed by atoms with E-state index in [1.165, 1.54) is 19.3 Å². The summed E-state index contributed by atoms with van der Waals surface area (Å²) in [6.45, 7) is 0.555. The molecule has 5 nitrogen and oxygen atoms in total. The van der Waals surface area contributed by atoms with E-state index in [0.29, 0.717) is 24.9 Å². The molecule has 2 aliphatic rings. The summed E-state index contributed by atoms with van der Waals surface area (Å²) in [5, 5.41) is 14.3. The van der Waals surface area contributed by atoms with Gasteiger partial charge in [-0.3, -0.25) is 4.79 Å². The van der Waals surface area contributed by atoms with Gasteiger partial charge >= 0.3 is 12.0 Å². The number of urea groups is 1. The quantitative estimate of drug-likeness (QED) is 0.632. The lowest BCUT2D eigenvalue weighted by Crippen LogP contribution is -2.44. The summed E-state index contributed by atoms with van der Waals surface area (Å²) in [6, 6.07) is 0.269. The van der Waals surface area contributed by atoms with Crippen molar-refractivity contribution in [2.75, 3.05) is 6.54 Å². The molecule has 2 aliphatic carbocycles. The molecule has 3 atom stereocenters. The number of hydrogen-bond donors (Lipinski definition) is 3. The van der Waals surface area contributed by atoms with Gasteiger partial charge in [-0.05, 0) is 43.9 Å². The smallest absolute Gasteiger partial charge is 0.315 e. The van der Waals surface area contributed by atoms with Crippen LogP contribution in [0, 0.1) is 11.8 Å². The fraction of sp³-hybridized carbons (Fsp3) is 0.846. The van der Waals surface area contributed by atoms with Gasteiger partial charge in [-0.25, -0.2) is 4.79 Å². The van der Waals surface area contributed by atoms with Gasteiger partial charge in [0.15, 0.2) is 0 Å². The van der Waals surface area contributed by atoms with E-state index in [0.717, 1.165) is 18.8 Å². The molecule has 2 amide bonds. The Labute approximate surface area is 107 Å². The van der Waals surface area contributed by atoms with Crippen molar-refractivity contribution in [1.29, 1.82) is 0 Å². The molecule has 2 rings (SSSR count). The molecule has 0 aromatic heterocycles. The lowest BCUT2D eigenvalue weighted by atomic mass is 9.95. The minimum absolute atomic E-state index is 0.0946. The molecular formula is C13H22N2O3. The van der Waals surface area contributed by atoms with Crippen LogP contribution in [0.4, 0.5) is 4.79 Å². The van der Waals surface area contributed by atoms with Gasteiger partial charge < -0.3 is 15.7 Å². The minimum Gasteiger partial charge on any atom is -0.481 e. The maximum atomic E-state index is 11.6. The lowest BCUT2D eigenvalue weighted by molar-refractivity contribution is -0.137. The van der Waals surface area contributed by atoms with Crippen LogP contribution in [0.2, 0.25) is 0 Å². The summed E-state index contributed by atoms with van der Waals surface area (Å²) < 4.78 is 0. The third-order valence-corrected chi connectivity index (χ3v) is 4.16. The molecule has 2 fully saturated rings. The number of amides is 2. The molecule has 5 heteroatoms. The number of hydrogen-bond acceptors (Lipinski definition) is 2. The van der Waals surface area contributed by atoms with Crippen molar-refractivity contribution >= 4 is 12.0 Å². The van der Waals surface area contributed by atoms with E-state index in [-0.39, 0.29) is 12.5 Å². The van der Waals surface area contributed by atoms with Crippen molar-refractivity contribution in [1.82, 2.24) is 10.6 Å². The standard InChI is InChI=1S/C13H22N2O3/c16-12(17)3-1-2-6-14-13(18)15-11-8-9-4-5-10(11)7-9/h9-11H,1-8H2,(H,16,17)(H2,14,15,18). The summed E-state index contributed by atoms with van der Waals surface area (Å²) in [4.78, 5) is 21.9. The highest BCUT2D eigenvalue weighted by Gasteiger charge is 2.39. The van der Waals surface area contributed by atoms with Crippen molar-refractivity contribution in [3.63, 3.8) is 0 Å². The van der Waals surface area contributed by atoms with Gasteiger partial charge in [0, 0.05) is 19.0 Å². The van der Waals surface area contributed by atoms with E-state index in [1.807, 2.05) is 0 Å². The summed E-state index contributed by atoms with van der Waals surface area (Å²) >= 11 is 0. The molecule has 2 bridgehead atoms. The third kappa shape index (κ3) is 3.62. The Morgan fingerprint density at radius 2 is 2.00 bits per heavy atom. The SMILES string of the molecule is O=C(O)CCCCNC(=O)NC1CC2CCC1C2. The number of carboxylic acids is 1. The van der Waals surface area contributed by atoms with E-state index in [9.17, 15) is 9.59 Å². The monoisotopic (exact) mass is 254 g/mol. The zero-order chi connectivity index (χ0) is 13.0. The molecule has 102 valence electrons. The van der Waals surface area contributed by atoms with Gasteiger partial charge in [0.2, 0.25) is 0 Å². The van der Waals surface area contributed by atoms with E-state index in [4.69, 9.17) is 5.11 Å². The molecule has 0 aromatic rings. The van der Waals surface area contributed by atoms with Crippen LogP contribution in [0.3, 0.4) is 0 Å². The predicted octanol–water partition coefficient (Wildman–Crippen LogP) is 1.73. The fourth-order valence-electron chi connectivity index (χ4n) is 3.24. The van der Waals surface area contributed by atoms with Crippen LogP contribution < -0.4 is 10.6 Å². The number of carboxylic acid groups (broad SMARTS) is 1. The Kier molecular flexibility index (Phi) is 4.44. The van der Waals surface area contributed by atoms with Crippen LogP contribution >= 0.6 is 0 Å². The predicted molar refractivity (Wildman–Crippen MR) is 67.3 cm³/mol. The van der Waals surface area contributed by atoms with Crippen LogP contribution in [-0.2, 0) is 4.79 Å². The number of carbonyl (C=O) groups excluding carboxylic acids is 1. The first-order chi connectivity index (χ1) is 8.65. The number of unbranched alkanes of at least 4 members (excludes halogenated alkanes) is 1. The largest absolute Gasteiger partial charge is 0.481 e. The number of rotatable bonds is 6. The summed E-state index contributed by atoms with van der Waals surface area (Å²) in [7, 11) is 0. The number of aliphatic carboxylic acids is 1. The maximum absolute atomic E-state index is 11.6. The van der Waals surface area contributed by atoms with Crippen LogP contribution in [0.5, 0.6) is 0 Å². The molecule has 18 heavy (non-hydrogen) atoms. The summed E-state index contributed by atoms with van der Waals surface area (Å²) in [6.07, 6.45) is 6.52. The number of fused-ring (bicyclic) bond motifs is 2. The highest BCUT2D eigenvalue weighted by Crippen LogP contribution is 2.44. The molecule has 0 radical (unpaired) electrons. The highest BCUT2D eigenvalue weighted by molar-refractivity contribution is 5.74. The van der Waals surface area contributed by atoms with Crippen LogP contribution in [0.15, 0.2) is 0 Å². The van der Waals surface area contributed by atoms with Gasteiger partial charge in [-0.1, -0.05) is 6.42 Å². The maximum Gasteiger partial charge on any atom is 0.315 e. The molecular weight excluding hydrogens is 232 g/mol. The molecule has 3 unspecified atom stereocenters. The first-order valence-corrected chi connectivity index (χ1v) is 6.91. The second-order valence-corrected chi connectivity index (χ2v) is 5.53. The summed E-state index contributed by atoms with van der Waals surface area (Å²) in [5.74, 6) is 0.741. The number of carbonyl (C=O) groups is 2. The normalized spacial score (nSPS) is 29.2. The first kappa shape index (κ1) is 13.2. The van der Waals surface area contributed by atoms with E-state index in [2.05, 4.69) is 10.6 Å². The van der Waals surface area contributed by atoms with Gasteiger partial charge in [0.05, 0.1) is 0 Å². The summed E-state index contributed by atoms with van der Waals surface area (Å²) in [5.41, 5.74) is 0. The van der Waals surface area contributed by atoms with Gasteiger partial charge in [-0.2, -0.15) is 0 Å². The zero-order valence-electron chi connectivity index (χ0n) is 10.7. The van der Waals surface area contributed by atoms with Gasteiger partial charge in [0.25, 0.3) is 0 Å². The molecule has 0 heterocycles.